The molecule has 0 aromatic heterocycles. The van der Waals surface area contributed by atoms with Crippen molar-refractivity contribution in [2.24, 2.45) is 0 Å². The normalized spacial score (nSPS) is 10.2. The number of amides is 1. The first-order valence-corrected chi connectivity index (χ1v) is 8.06. The molecule has 0 aliphatic carbocycles. The molecule has 0 aromatic carbocycles. The molecule has 0 rings (SSSR count). The van der Waals surface area contributed by atoms with Crippen LogP contribution in [0.15, 0.2) is 24.4 Å². The Bertz CT molecular complexity index is 420. The summed E-state index contributed by atoms with van der Waals surface area (Å²) in [7, 11) is 0. The Morgan fingerprint density at radius 2 is 1.81 bits per heavy atom. The predicted octanol–water partition coefficient (Wildman–Crippen LogP) is 1.84. The second kappa shape index (κ2) is 11.3. The first kappa shape index (κ1) is 19.6. The zero-order valence-corrected chi connectivity index (χ0v) is 14.4. The van der Waals surface area contributed by atoms with Crippen LogP contribution in [0.3, 0.4) is 0 Å². The van der Waals surface area contributed by atoms with E-state index in [4.69, 9.17) is 9.47 Å². The topological polar surface area (TPSA) is 72.9 Å². The summed E-state index contributed by atoms with van der Waals surface area (Å²) < 4.78 is 9.78. The van der Waals surface area contributed by atoms with Crippen molar-refractivity contribution in [3.8, 4) is 0 Å². The van der Waals surface area contributed by atoms with Crippen molar-refractivity contribution in [2.45, 2.75) is 20.3 Å². The molecule has 0 radical (unpaired) electrons. The number of rotatable bonds is 9. The van der Waals surface area contributed by atoms with Crippen LogP contribution in [0.1, 0.15) is 20.3 Å². The van der Waals surface area contributed by atoms with Crippen molar-refractivity contribution in [1.82, 2.24) is 4.90 Å². The van der Waals surface area contributed by atoms with E-state index in [1.807, 2.05) is 22.6 Å². The summed E-state index contributed by atoms with van der Waals surface area (Å²) in [6.45, 7) is 7.76. The first-order valence-electron chi connectivity index (χ1n) is 6.53. The van der Waals surface area contributed by atoms with E-state index in [1.165, 1.54) is 11.0 Å². The van der Waals surface area contributed by atoms with Gasteiger partial charge in [-0.15, -0.1) is 0 Å². The minimum Gasteiger partial charge on any atom is -0.463 e. The van der Waals surface area contributed by atoms with Crippen molar-refractivity contribution < 1.29 is 23.9 Å². The van der Waals surface area contributed by atoms with Crippen molar-refractivity contribution in [3.05, 3.63) is 24.4 Å². The van der Waals surface area contributed by atoms with Gasteiger partial charge in [-0.2, -0.15) is 0 Å². The highest BCUT2D eigenvalue weighted by Crippen LogP contribution is 2.08. The van der Waals surface area contributed by atoms with Gasteiger partial charge in [0.2, 0.25) is 5.91 Å². The number of ether oxygens (including phenoxy) is 2. The lowest BCUT2D eigenvalue weighted by Gasteiger charge is -2.22. The maximum absolute atomic E-state index is 11.8. The molecule has 0 unspecified atom stereocenters. The molecule has 0 fully saturated rings. The number of carbonyl (C=O) groups excluding carboxylic acids is 3. The van der Waals surface area contributed by atoms with E-state index in [9.17, 15) is 14.4 Å². The van der Waals surface area contributed by atoms with Gasteiger partial charge >= 0.3 is 11.9 Å². The van der Waals surface area contributed by atoms with Gasteiger partial charge in [-0.05, 0) is 20.3 Å². The lowest BCUT2D eigenvalue weighted by atomic mass is 10.3. The van der Waals surface area contributed by atoms with Crippen LogP contribution < -0.4 is 0 Å². The molecule has 1 amide bonds. The van der Waals surface area contributed by atoms with Crippen molar-refractivity contribution in [3.63, 3.8) is 0 Å². The van der Waals surface area contributed by atoms with Crippen LogP contribution in [0.25, 0.3) is 0 Å². The van der Waals surface area contributed by atoms with Crippen LogP contribution in [-0.2, 0) is 23.9 Å². The molecule has 0 aliphatic rings. The molecule has 7 heteroatoms. The summed E-state index contributed by atoms with van der Waals surface area (Å²) in [6, 6.07) is 0. The SMILES string of the molecule is C=C(C(=O)OCC)N(CC/C=C/C(=O)OCC)C(=O)CI. The molecule has 6 nitrogen and oxygen atoms in total. The standard InChI is InChI=1S/C14H20INO5/c1-4-20-13(18)8-6-7-9-16(12(17)10-15)11(3)14(19)21-5-2/h6,8H,3-5,7,9-10H2,1-2H3/b8-6+. The number of nitrogens with zero attached hydrogens (tertiary/aromatic N) is 1. The van der Waals surface area contributed by atoms with Gasteiger partial charge in [-0.25, -0.2) is 9.59 Å². The third-order valence-electron chi connectivity index (χ3n) is 2.31. The van der Waals surface area contributed by atoms with Gasteiger partial charge in [-0.1, -0.05) is 35.2 Å². The van der Waals surface area contributed by atoms with Crippen molar-refractivity contribution >= 4 is 40.4 Å². The van der Waals surface area contributed by atoms with E-state index >= 15 is 0 Å². The molecular formula is C14H20INO5. The Balaban J connectivity index is 4.58. The Labute approximate surface area is 138 Å². The Hall–Kier alpha value is -1.38. The minimum absolute atomic E-state index is 0.00282. The average Bonchev–Trinajstić information content (AvgIpc) is 2.46. The van der Waals surface area contributed by atoms with Crippen LogP contribution in [-0.4, -0.2) is 46.9 Å². The number of alkyl halides is 1. The fourth-order valence-electron chi connectivity index (χ4n) is 1.38. The van der Waals surface area contributed by atoms with Crippen LogP contribution in [0, 0.1) is 0 Å². The first-order chi connectivity index (χ1) is 9.97. The number of hydrogen-bond donors (Lipinski definition) is 0. The quantitative estimate of drug-likeness (QED) is 0.252. The van der Waals surface area contributed by atoms with E-state index in [1.54, 1.807) is 19.9 Å². The smallest absolute Gasteiger partial charge is 0.354 e. The average molecular weight is 409 g/mol. The molecule has 0 heterocycles. The highest BCUT2D eigenvalue weighted by Gasteiger charge is 2.21. The summed E-state index contributed by atoms with van der Waals surface area (Å²) in [5, 5.41) is 0. The number of esters is 2. The summed E-state index contributed by atoms with van der Waals surface area (Å²) >= 11 is 1.91. The van der Waals surface area contributed by atoms with Crippen molar-refractivity contribution in [2.75, 3.05) is 24.2 Å². The molecule has 21 heavy (non-hydrogen) atoms. The van der Waals surface area contributed by atoms with Gasteiger partial charge < -0.3 is 14.4 Å². The largest absolute Gasteiger partial charge is 0.463 e. The summed E-state index contributed by atoms with van der Waals surface area (Å²) in [5.74, 6) is -1.29. The fraction of sp³-hybridized carbons (Fsp3) is 0.500. The summed E-state index contributed by atoms with van der Waals surface area (Å²) in [5.41, 5.74) is 0.00282. The van der Waals surface area contributed by atoms with E-state index in [-0.39, 0.29) is 29.2 Å². The number of hydrogen-bond acceptors (Lipinski definition) is 5. The van der Waals surface area contributed by atoms with E-state index in [2.05, 4.69) is 6.58 Å². The molecule has 118 valence electrons. The Morgan fingerprint density at radius 3 is 2.33 bits per heavy atom. The summed E-state index contributed by atoms with van der Waals surface area (Å²) in [6.07, 6.45) is 3.28. The molecular weight excluding hydrogens is 389 g/mol. The fourth-order valence-corrected chi connectivity index (χ4v) is 1.79. The van der Waals surface area contributed by atoms with Crippen LogP contribution in [0.4, 0.5) is 0 Å². The third-order valence-corrected chi connectivity index (χ3v) is 2.96. The molecule has 0 aromatic rings. The van der Waals surface area contributed by atoms with Crippen LogP contribution >= 0.6 is 22.6 Å². The monoisotopic (exact) mass is 409 g/mol. The van der Waals surface area contributed by atoms with Crippen LogP contribution in [0.5, 0.6) is 0 Å². The van der Waals surface area contributed by atoms with Crippen molar-refractivity contribution in [1.29, 1.82) is 0 Å². The molecule has 0 aliphatic heterocycles. The zero-order valence-electron chi connectivity index (χ0n) is 12.3. The zero-order chi connectivity index (χ0) is 16.3. The molecule has 0 spiro atoms. The Kier molecular flexibility index (Phi) is 10.6. The van der Waals surface area contributed by atoms with E-state index in [0.29, 0.717) is 13.0 Å². The van der Waals surface area contributed by atoms with Gasteiger partial charge in [0.1, 0.15) is 5.70 Å². The highest BCUT2D eigenvalue weighted by molar-refractivity contribution is 14.1. The van der Waals surface area contributed by atoms with Gasteiger partial charge in [-0.3, -0.25) is 4.79 Å². The molecule has 0 saturated heterocycles. The molecule has 0 N–H and O–H groups in total. The number of halogens is 1. The second-order valence-electron chi connectivity index (χ2n) is 3.79. The lowest BCUT2D eigenvalue weighted by Crippen LogP contribution is -2.35. The third kappa shape index (κ3) is 7.84. The van der Waals surface area contributed by atoms with Crippen LogP contribution in [0.2, 0.25) is 0 Å². The molecule has 0 bridgehead atoms. The Morgan fingerprint density at radius 1 is 1.19 bits per heavy atom. The van der Waals surface area contributed by atoms with Gasteiger partial charge in [0.05, 0.1) is 17.6 Å². The minimum atomic E-state index is -0.620. The van der Waals surface area contributed by atoms with Gasteiger partial charge in [0.15, 0.2) is 0 Å². The lowest BCUT2D eigenvalue weighted by molar-refractivity contribution is -0.143. The maximum atomic E-state index is 11.8. The highest BCUT2D eigenvalue weighted by atomic mass is 127. The van der Waals surface area contributed by atoms with Gasteiger partial charge in [0.25, 0.3) is 0 Å². The summed E-state index contributed by atoms with van der Waals surface area (Å²) in [4.78, 5) is 35.8. The number of carbonyl (C=O) groups is 3. The van der Waals surface area contributed by atoms with E-state index in [0.717, 1.165) is 0 Å². The maximum Gasteiger partial charge on any atom is 0.354 e. The van der Waals surface area contributed by atoms with Gasteiger partial charge in [0, 0.05) is 12.6 Å². The molecule has 0 atom stereocenters. The predicted molar refractivity (Wildman–Crippen MR) is 86.8 cm³/mol. The molecule has 0 saturated carbocycles. The van der Waals surface area contributed by atoms with E-state index < -0.39 is 11.9 Å². The second-order valence-corrected chi connectivity index (χ2v) is 4.55.